The van der Waals surface area contributed by atoms with Gasteiger partial charge in [-0.1, -0.05) is 0 Å². The molecule has 0 radical (unpaired) electrons. The quantitative estimate of drug-likeness (QED) is 0.477. The van der Waals surface area contributed by atoms with Crippen molar-refractivity contribution in [3.8, 4) is 0 Å². The number of carboxylic acid groups (broad SMARTS) is 1. The molecule has 11 heavy (non-hydrogen) atoms. The first-order valence-corrected chi connectivity index (χ1v) is 2.68. The van der Waals surface area contributed by atoms with Crippen molar-refractivity contribution >= 4 is 5.97 Å². The summed E-state index contributed by atoms with van der Waals surface area (Å²) >= 11 is 0. The summed E-state index contributed by atoms with van der Waals surface area (Å²) in [5.74, 6) is -6.04. The maximum Gasteiger partial charge on any atom is 0.377 e. The summed E-state index contributed by atoms with van der Waals surface area (Å²) in [4.78, 5) is 9.74. The molecule has 0 fully saturated rings. The van der Waals surface area contributed by atoms with Crippen LogP contribution in [0, 0.1) is 0 Å². The van der Waals surface area contributed by atoms with Crippen LogP contribution in [-0.2, 0) is 14.3 Å². The van der Waals surface area contributed by atoms with Crippen molar-refractivity contribution in [2.45, 2.75) is 5.92 Å². The molecule has 0 saturated heterocycles. The van der Waals surface area contributed by atoms with Gasteiger partial charge in [0.05, 0.1) is 0 Å². The van der Waals surface area contributed by atoms with Gasteiger partial charge in [-0.05, 0) is 0 Å². The number of methoxy groups -OCH3 is 1. The van der Waals surface area contributed by atoms with Crippen LogP contribution in [0.15, 0.2) is 0 Å². The normalized spacial score (nSPS) is 11.5. The summed E-state index contributed by atoms with van der Waals surface area (Å²) in [6, 6.07) is 0. The molecule has 0 spiro atoms. The van der Waals surface area contributed by atoms with Gasteiger partial charge in [0.25, 0.3) is 0 Å². The van der Waals surface area contributed by atoms with Crippen molar-refractivity contribution in [1.82, 2.24) is 0 Å². The van der Waals surface area contributed by atoms with Crippen LogP contribution in [0.2, 0.25) is 0 Å². The first-order valence-electron chi connectivity index (χ1n) is 2.68. The van der Waals surface area contributed by atoms with Crippen LogP contribution in [0.4, 0.5) is 8.78 Å². The van der Waals surface area contributed by atoms with Crippen LogP contribution >= 0.6 is 0 Å². The molecule has 0 heterocycles. The molecule has 0 aromatic rings. The molecule has 0 unspecified atom stereocenters. The Morgan fingerprint density at radius 2 is 2.18 bits per heavy atom. The monoisotopic (exact) mass is 170 g/mol. The molecule has 0 aliphatic carbocycles. The fourth-order valence-electron chi connectivity index (χ4n) is 0.315. The first kappa shape index (κ1) is 10.2. The SMILES string of the molecule is COCOCC(F)(F)C(=O)O. The van der Waals surface area contributed by atoms with Crippen molar-refractivity contribution in [2.24, 2.45) is 0 Å². The van der Waals surface area contributed by atoms with E-state index in [1.165, 1.54) is 7.11 Å². The number of halogens is 2. The van der Waals surface area contributed by atoms with Crippen LogP contribution in [-0.4, -0.2) is 37.5 Å². The van der Waals surface area contributed by atoms with Crippen LogP contribution in [0.3, 0.4) is 0 Å². The van der Waals surface area contributed by atoms with Crippen molar-refractivity contribution in [2.75, 3.05) is 20.5 Å². The van der Waals surface area contributed by atoms with Gasteiger partial charge in [0.2, 0.25) is 0 Å². The van der Waals surface area contributed by atoms with Crippen molar-refractivity contribution < 1.29 is 28.2 Å². The zero-order valence-corrected chi connectivity index (χ0v) is 5.84. The number of hydrogen-bond acceptors (Lipinski definition) is 3. The van der Waals surface area contributed by atoms with Crippen LogP contribution in [0.5, 0.6) is 0 Å². The molecule has 0 saturated carbocycles. The minimum Gasteiger partial charge on any atom is -0.477 e. The highest BCUT2D eigenvalue weighted by atomic mass is 19.3. The van der Waals surface area contributed by atoms with Gasteiger partial charge in [0, 0.05) is 7.11 Å². The van der Waals surface area contributed by atoms with E-state index in [-0.39, 0.29) is 6.79 Å². The van der Waals surface area contributed by atoms with E-state index in [1.54, 1.807) is 0 Å². The number of carbonyl (C=O) groups is 1. The molecule has 0 rings (SSSR count). The number of carboxylic acids is 1. The topological polar surface area (TPSA) is 55.8 Å². The Bertz CT molecular complexity index is 136. The van der Waals surface area contributed by atoms with Crippen LogP contribution in [0.25, 0.3) is 0 Å². The van der Waals surface area contributed by atoms with E-state index >= 15 is 0 Å². The van der Waals surface area contributed by atoms with Gasteiger partial charge in [0.1, 0.15) is 13.4 Å². The first-order chi connectivity index (χ1) is 5.00. The molecule has 4 nitrogen and oxygen atoms in total. The molecule has 0 aromatic carbocycles. The third kappa shape index (κ3) is 3.84. The van der Waals surface area contributed by atoms with Gasteiger partial charge in [-0.2, -0.15) is 8.78 Å². The van der Waals surface area contributed by atoms with Gasteiger partial charge in [-0.25, -0.2) is 4.79 Å². The average molecular weight is 170 g/mol. The summed E-state index contributed by atoms with van der Waals surface area (Å²) in [5.41, 5.74) is 0. The summed E-state index contributed by atoms with van der Waals surface area (Å²) in [6.45, 7) is -1.51. The molecule has 6 heteroatoms. The predicted octanol–water partition coefficient (Wildman–Crippen LogP) is 0.327. The second-order valence-electron chi connectivity index (χ2n) is 1.76. The smallest absolute Gasteiger partial charge is 0.377 e. The van der Waals surface area contributed by atoms with Crippen molar-refractivity contribution in [1.29, 1.82) is 0 Å². The van der Waals surface area contributed by atoms with Crippen LogP contribution in [0.1, 0.15) is 0 Å². The predicted molar refractivity (Wildman–Crippen MR) is 30.4 cm³/mol. The Labute approximate surface area is 61.7 Å². The summed E-state index contributed by atoms with van der Waals surface area (Å²) in [6.07, 6.45) is 0. The number of ether oxygens (including phenoxy) is 2. The molecular weight excluding hydrogens is 162 g/mol. The van der Waals surface area contributed by atoms with E-state index in [0.29, 0.717) is 0 Å². The van der Waals surface area contributed by atoms with Gasteiger partial charge in [0.15, 0.2) is 0 Å². The summed E-state index contributed by atoms with van der Waals surface area (Å²) in [7, 11) is 1.25. The Kier molecular flexibility index (Phi) is 3.91. The lowest BCUT2D eigenvalue weighted by atomic mass is 10.4. The summed E-state index contributed by atoms with van der Waals surface area (Å²) in [5, 5.41) is 7.87. The molecule has 0 amide bonds. The van der Waals surface area contributed by atoms with Gasteiger partial charge in [-0.3, -0.25) is 0 Å². The fraction of sp³-hybridized carbons (Fsp3) is 0.800. The van der Waals surface area contributed by atoms with Gasteiger partial charge >= 0.3 is 11.9 Å². The average Bonchev–Trinajstić information content (AvgIpc) is 1.88. The van der Waals surface area contributed by atoms with E-state index in [1.807, 2.05) is 0 Å². The lowest BCUT2D eigenvalue weighted by molar-refractivity contribution is -0.179. The van der Waals surface area contributed by atoms with Gasteiger partial charge in [-0.15, -0.1) is 0 Å². The lowest BCUT2D eigenvalue weighted by Gasteiger charge is -2.10. The molecule has 66 valence electrons. The molecule has 0 aliphatic heterocycles. The second-order valence-corrected chi connectivity index (χ2v) is 1.76. The molecule has 1 N–H and O–H groups in total. The summed E-state index contributed by atoms with van der Waals surface area (Å²) < 4.78 is 32.6. The maximum atomic E-state index is 12.1. The third-order valence-electron chi connectivity index (χ3n) is 0.797. The number of rotatable bonds is 5. The maximum absolute atomic E-state index is 12.1. The van der Waals surface area contributed by atoms with Gasteiger partial charge < -0.3 is 14.6 Å². The molecule has 0 bridgehead atoms. The Hall–Kier alpha value is -0.750. The highest BCUT2D eigenvalue weighted by Gasteiger charge is 2.39. The Morgan fingerprint density at radius 1 is 1.64 bits per heavy atom. The number of alkyl halides is 2. The van der Waals surface area contributed by atoms with Crippen molar-refractivity contribution in [3.05, 3.63) is 0 Å². The van der Waals surface area contributed by atoms with E-state index in [0.717, 1.165) is 0 Å². The second kappa shape index (κ2) is 4.20. The Morgan fingerprint density at radius 3 is 2.55 bits per heavy atom. The molecule has 0 aliphatic rings. The zero-order chi connectivity index (χ0) is 8.91. The highest BCUT2D eigenvalue weighted by molar-refractivity contribution is 5.75. The van der Waals surface area contributed by atoms with E-state index in [9.17, 15) is 13.6 Å². The number of aliphatic carboxylic acids is 1. The molecule has 0 atom stereocenters. The molecular formula is C5H8F2O4. The minimum atomic E-state index is -3.83. The number of hydrogen-bond donors (Lipinski definition) is 1. The minimum absolute atomic E-state index is 0.344. The fourth-order valence-corrected chi connectivity index (χ4v) is 0.315. The van der Waals surface area contributed by atoms with E-state index in [2.05, 4.69) is 9.47 Å². The third-order valence-corrected chi connectivity index (χ3v) is 0.797. The Balaban J connectivity index is 3.64. The highest BCUT2D eigenvalue weighted by Crippen LogP contribution is 2.13. The van der Waals surface area contributed by atoms with Crippen LogP contribution < -0.4 is 0 Å². The van der Waals surface area contributed by atoms with E-state index < -0.39 is 18.5 Å². The zero-order valence-electron chi connectivity index (χ0n) is 5.84. The molecule has 0 aromatic heterocycles. The lowest BCUT2D eigenvalue weighted by Crippen LogP contribution is -2.33. The standard InChI is InChI=1S/C5H8F2O4/c1-10-3-11-2-5(6,7)4(8)9/h2-3H2,1H3,(H,8,9). The van der Waals surface area contributed by atoms with E-state index in [4.69, 9.17) is 5.11 Å². The largest absolute Gasteiger partial charge is 0.477 e. The van der Waals surface area contributed by atoms with Crippen molar-refractivity contribution in [3.63, 3.8) is 0 Å².